The number of benzene rings is 1. The molecule has 1 aromatic heterocycles. The fraction of sp³-hybridized carbons (Fsp3) is 0.188. The molecule has 21 heavy (non-hydrogen) atoms. The first-order valence-electron chi connectivity index (χ1n) is 6.67. The lowest BCUT2D eigenvalue weighted by Crippen LogP contribution is -2.21. The summed E-state index contributed by atoms with van der Waals surface area (Å²) in [7, 11) is 0. The van der Waals surface area contributed by atoms with Crippen LogP contribution in [-0.4, -0.2) is 25.7 Å². The summed E-state index contributed by atoms with van der Waals surface area (Å²) in [6.07, 6.45) is 1.66. The van der Waals surface area contributed by atoms with Crippen molar-refractivity contribution < 1.29 is 14.3 Å². The van der Waals surface area contributed by atoms with Crippen molar-refractivity contribution in [2.45, 2.75) is 0 Å². The molecule has 0 atom stereocenters. The summed E-state index contributed by atoms with van der Waals surface area (Å²) in [6, 6.07) is 9.60. The molecule has 0 unspecified atom stereocenters. The number of carbonyl (C=O) groups excluding carboxylic acids is 1. The van der Waals surface area contributed by atoms with Gasteiger partial charge in [0.25, 0.3) is 5.91 Å². The van der Waals surface area contributed by atoms with Crippen molar-refractivity contribution in [1.29, 1.82) is 0 Å². The molecule has 0 saturated heterocycles. The highest BCUT2D eigenvalue weighted by molar-refractivity contribution is 7.17. The van der Waals surface area contributed by atoms with Gasteiger partial charge in [0.2, 0.25) is 0 Å². The van der Waals surface area contributed by atoms with Crippen molar-refractivity contribution >= 4 is 17.2 Å². The molecule has 2 heterocycles. The number of thiophene rings is 1. The molecule has 1 N–H and O–H groups in total. The summed E-state index contributed by atoms with van der Waals surface area (Å²) >= 11 is 1.45. The van der Waals surface area contributed by atoms with Gasteiger partial charge in [-0.1, -0.05) is 6.08 Å². The molecule has 0 spiro atoms. The SMILES string of the molecule is C=CCNC(=O)c1ccc(-c2ccc3c(c2)OCCO3)s1. The zero-order chi connectivity index (χ0) is 14.7. The maximum atomic E-state index is 11.9. The topological polar surface area (TPSA) is 47.6 Å². The third-order valence-corrected chi connectivity index (χ3v) is 4.20. The van der Waals surface area contributed by atoms with Crippen molar-refractivity contribution in [2.24, 2.45) is 0 Å². The molecule has 5 heteroatoms. The number of hydrogen-bond acceptors (Lipinski definition) is 4. The van der Waals surface area contributed by atoms with E-state index < -0.39 is 0 Å². The summed E-state index contributed by atoms with van der Waals surface area (Å²) < 4.78 is 11.1. The van der Waals surface area contributed by atoms with Gasteiger partial charge in [-0.25, -0.2) is 0 Å². The molecule has 0 radical (unpaired) electrons. The normalized spacial score (nSPS) is 12.8. The Labute approximate surface area is 127 Å². The van der Waals surface area contributed by atoms with E-state index in [4.69, 9.17) is 9.47 Å². The summed E-state index contributed by atoms with van der Waals surface area (Å²) in [5.74, 6) is 1.44. The van der Waals surface area contributed by atoms with Crippen LogP contribution in [-0.2, 0) is 0 Å². The number of nitrogens with one attached hydrogen (secondary N) is 1. The van der Waals surface area contributed by atoms with Crippen LogP contribution in [0.5, 0.6) is 11.5 Å². The average molecular weight is 301 g/mol. The number of fused-ring (bicyclic) bond motifs is 1. The molecule has 0 aliphatic carbocycles. The Hall–Kier alpha value is -2.27. The fourth-order valence-corrected chi connectivity index (χ4v) is 2.98. The number of carbonyl (C=O) groups is 1. The highest BCUT2D eigenvalue weighted by Gasteiger charge is 2.14. The highest BCUT2D eigenvalue weighted by atomic mass is 32.1. The van der Waals surface area contributed by atoms with Gasteiger partial charge in [0.1, 0.15) is 13.2 Å². The second-order valence-corrected chi connectivity index (χ2v) is 5.60. The van der Waals surface area contributed by atoms with E-state index in [2.05, 4.69) is 11.9 Å². The van der Waals surface area contributed by atoms with Crippen molar-refractivity contribution in [3.8, 4) is 21.9 Å². The van der Waals surface area contributed by atoms with Crippen LogP contribution in [0, 0.1) is 0 Å². The third kappa shape index (κ3) is 2.92. The summed E-state index contributed by atoms with van der Waals surface area (Å²) in [5, 5.41) is 2.77. The minimum atomic E-state index is -0.0799. The number of ether oxygens (including phenoxy) is 2. The van der Waals surface area contributed by atoms with E-state index in [9.17, 15) is 4.79 Å². The second kappa shape index (κ2) is 6.01. The van der Waals surface area contributed by atoms with Crippen molar-refractivity contribution in [1.82, 2.24) is 5.32 Å². The smallest absolute Gasteiger partial charge is 0.261 e. The van der Waals surface area contributed by atoms with E-state index in [0.29, 0.717) is 24.6 Å². The molecule has 1 aliphatic heterocycles. The van der Waals surface area contributed by atoms with Gasteiger partial charge in [-0.05, 0) is 35.9 Å². The zero-order valence-corrected chi connectivity index (χ0v) is 12.2. The standard InChI is InChI=1S/C16H15NO3S/c1-2-7-17-16(18)15-6-5-14(21-15)11-3-4-12-13(10-11)20-9-8-19-12/h2-6,10H,1,7-9H2,(H,17,18). The summed E-state index contributed by atoms with van der Waals surface area (Å²) in [5.41, 5.74) is 1.02. The first-order chi connectivity index (χ1) is 10.3. The van der Waals surface area contributed by atoms with Crippen LogP contribution < -0.4 is 14.8 Å². The van der Waals surface area contributed by atoms with E-state index in [1.807, 2.05) is 30.3 Å². The first kappa shape index (κ1) is 13.7. The largest absolute Gasteiger partial charge is 0.486 e. The monoisotopic (exact) mass is 301 g/mol. The number of rotatable bonds is 4. The lowest BCUT2D eigenvalue weighted by atomic mass is 10.1. The Balaban J connectivity index is 1.82. The van der Waals surface area contributed by atoms with E-state index in [1.54, 1.807) is 6.08 Å². The van der Waals surface area contributed by atoms with Gasteiger partial charge in [-0.15, -0.1) is 17.9 Å². The van der Waals surface area contributed by atoms with Gasteiger partial charge in [-0.3, -0.25) is 4.79 Å². The van der Waals surface area contributed by atoms with Gasteiger partial charge < -0.3 is 14.8 Å². The van der Waals surface area contributed by atoms with E-state index in [0.717, 1.165) is 21.9 Å². The van der Waals surface area contributed by atoms with Crippen molar-refractivity contribution in [3.63, 3.8) is 0 Å². The van der Waals surface area contributed by atoms with Crippen molar-refractivity contribution in [3.05, 3.63) is 47.9 Å². The quantitative estimate of drug-likeness (QED) is 0.883. The Kier molecular flexibility index (Phi) is 3.92. The maximum Gasteiger partial charge on any atom is 0.261 e. The van der Waals surface area contributed by atoms with Crippen LogP contribution in [0.25, 0.3) is 10.4 Å². The molecule has 1 amide bonds. The van der Waals surface area contributed by atoms with E-state index in [1.165, 1.54) is 11.3 Å². The molecule has 1 aliphatic rings. The molecular formula is C16H15NO3S. The molecule has 4 nitrogen and oxygen atoms in total. The Bertz CT molecular complexity index is 678. The van der Waals surface area contributed by atoms with Crippen molar-refractivity contribution in [2.75, 3.05) is 19.8 Å². The minimum Gasteiger partial charge on any atom is -0.486 e. The van der Waals surface area contributed by atoms with Gasteiger partial charge in [-0.2, -0.15) is 0 Å². The molecule has 0 fully saturated rings. The van der Waals surface area contributed by atoms with E-state index in [-0.39, 0.29) is 5.91 Å². The van der Waals surface area contributed by atoms with Crippen LogP contribution in [0.1, 0.15) is 9.67 Å². The lowest BCUT2D eigenvalue weighted by molar-refractivity contribution is 0.0962. The Morgan fingerprint density at radius 3 is 2.86 bits per heavy atom. The maximum absolute atomic E-state index is 11.9. The molecule has 0 saturated carbocycles. The Morgan fingerprint density at radius 1 is 1.24 bits per heavy atom. The van der Waals surface area contributed by atoms with Gasteiger partial charge in [0.15, 0.2) is 11.5 Å². The van der Waals surface area contributed by atoms with Gasteiger partial charge in [0, 0.05) is 11.4 Å². The van der Waals surface area contributed by atoms with Crippen LogP contribution in [0.15, 0.2) is 43.0 Å². The third-order valence-electron chi connectivity index (χ3n) is 3.06. The van der Waals surface area contributed by atoms with Crippen LogP contribution in [0.2, 0.25) is 0 Å². The number of hydrogen-bond donors (Lipinski definition) is 1. The molecule has 1 aromatic carbocycles. The lowest BCUT2D eigenvalue weighted by Gasteiger charge is -2.18. The summed E-state index contributed by atoms with van der Waals surface area (Å²) in [4.78, 5) is 13.6. The summed E-state index contributed by atoms with van der Waals surface area (Å²) in [6.45, 7) is 5.20. The van der Waals surface area contributed by atoms with Gasteiger partial charge in [0.05, 0.1) is 4.88 Å². The predicted octanol–water partition coefficient (Wildman–Crippen LogP) is 3.10. The molecule has 3 rings (SSSR count). The molecule has 0 bridgehead atoms. The van der Waals surface area contributed by atoms with E-state index >= 15 is 0 Å². The second-order valence-electron chi connectivity index (χ2n) is 4.52. The molecular weight excluding hydrogens is 286 g/mol. The highest BCUT2D eigenvalue weighted by Crippen LogP contribution is 2.36. The first-order valence-corrected chi connectivity index (χ1v) is 7.48. The van der Waals surface area contributed by atoms with Crippen LogP contribution in [0.3, 0.4) is 0 Å². The number of amides is 1. The molecule has 2 aromatic rings. The molecule has 108 valence electrons. The Morgan fingerprint density at radius 2 is 2.05 bits per heavy atom. The minimum absolute atomic E-state index is 0.0799. The fourth-order valence-electron chi connectivity index (χ4n) is 2.06. The predicted molar refractivity (Wildman–Crippen MR) is 83.3 cm³/mol. The zero-order valence-electron chi connectivity index (χ0n) is 11.4. The van der Waals surface area contributed by atoms with Crippen LogP contribution in [0.4, 0.5) is 0 Å². The average Bonchev–Trinajstić information content (AvgIpc) is 3.02. The van der Waals surface area contributed by atoms with Crippen LogP contribution >= 0.6 is 11.3 Å². The van der Waals surface area contributed by atoms with Gasteiger partial charge >= 0.3 is 0 Å².